The van der Waals surface area contributed by atoms with Crippen LogP contribution in [0, 0.1) is 55.4 Å². The number of benzene rings is 1. The number of aromatic nitrogens is 3. The Hall–Kier alpha value is -3.31. The SMILES string of the molecule is [C-]#[N+]c1c(CC2C(CC(C)C)CC(C)CC2C(C)(C)C)c2nc(-c3cc(C)cc(C)c3)[nH]n2c1OC(=O)N1CCOCC1. The first-order chi connectivity index (χ1) is 20.3. The monoisotopic (exact) mass is 587 g/mol. The van der Waals surface area contributed by atoms with Crippen molar-refractivity contribution in [1.29, 1.82) is 0 Å². The molecule has 1 amide bonds. The third kappa shape index (κ3) is 6.62. The zero-order valence-electron chi connectivity index (χ0n) is 27.3. The predicted octanol–water partition coefficient (Wildman–Crippen LogP) is 8.24. The molecular formula is C35H49N5O3. The van der Waals surface area contributed by atoms with Crippen LogP contribution in [-0.4, -0.2) is 51.9 Å². The van der Waals surface area contributed by atoms with Gasteiger partial charge in [-0.1, -0.05) is 58.7 Å². The zero-order valence-corrected chi connectivity index (χ0v) is 27.3. The van der Waals surface area contributed by atoms with E-state index in [4.69, 9.17) is 21.0 Å². The smallest absolute Gasteiger partial charge is 0.402 e. The van der Waals surface area contributed by atoms with E-state index in [1.54, 1.807) is 9.42 Å². The van der Waals surface area contributed by atoms with E-state index in [0.29, 0.717) is 73.1 Å². The van der Waals surface area contributed by atoms with Crippen LogP contribution < -0.4 is 4.74 Å². The molecule has 4 unspecified atom stereocenters. The lowest BCUT2D eigenvalue weighted by atomic mass is 9.57. The highest BCUT2D eigenvalue weighted by Crippen LogP contribution is 2.51. The number of hydrogen-bond acceptors (Lipinski definition) is 4. The van der Waals surface area contributed by atoms with Gasteiger partial charge in [-0.15, -0.1) is 0 Å². The zero-order chi connectivity index (χ0) is 31.1. The third-order valence-corrected chi connectivity index (χ3v) is 9.48. The molecule has 2 fully saturated rings. The Bertz CT molecular complexity index is 1480. The van der Waals surface area contributed by atoms with Crippen molar-refractivity contribution in [2.45, 2.75) is 81.1 Å². The number of ether oxygens (including phenoxy) is 2. The molecule has 1 saturated carbocycles. The van der Waals surface area contributed by atoms with Crippen molar-refractivity contribution < 1.29 is 14.3 Å². The van der Waals surface area contributed by atoms with Gasteiger partial charge in [0.05, 0.1) is 19.8 Å². The van der Waals surface area contributed by atoms with Gasteiger partial charge >= 0.3 is 6.09 Å². The van der Waals surface area contributed by atoms with Gasteiger partial charge in [0.1, 0.15) is 5.65 Å². The first-order valence-electron chi connectivity index (χ1n) is 16.0. The van der Waals surface area contributed by atoms with Gasteiger partial charge in [-0.05, 0) is 86.7 Å². The first kappa shape index (κ1) is 31.1. The number of carbonyl (C=O) groups excluding carboxylic acids is 1. The van der Waals surface area contributed by atoms with Crippen LogP contribution in [0.25, 0.3) is 21.9 Å². The minimum atomic E-state index is -0.460. The van der Waals surface area contributed by atoms with E-state index >= 15 is 0 Å². The van der Waals surface area contributed by atoms with E-state index in [1.165, 1.54) is 19.3 Å². The Morgan fingerprint density at radius 2 is 1.84 bits per heavy atom. The van der Waals surface area contributed by atoms with Crippen molar-refractivity contribution in [2.75, 3.05) is 26.3 Å². The third-order valence-electron chi connectivity index (χ3n) is 9.48. The molecule has 1 saturated heterocycles. The van der Waals surface area contributed by atoms with Crippen LogP contribution in [0.15, 0.2) is 18.2 Å². The van der Waals surface area contributed by atoms with E-state index in [9.17, 15) is 4.79 Å². The van der Waals surface area contributed by atoms with Crippen LogP contribution in [0.1, 0.15) is 77.5 Å². The first-order valence-corrected chi connectivity index (χ1v) is 16.0. The molecule has 2 aliphatic rings. The maximum Gasteiger partial charge on any atom is 0.415 e. The number of aryl methyl sites for hydroxylation is 2. The summed E-state index contributed by atoms with van der Waals surface area (Å²) in [5.41, 5.74) is 5.36. The van der Waals surface area contributed by atoms with Gasteiger partial charge in [0.15, 0.2) is 5.82 Å². The predicted molar refractivity (Wildman–Crippen MR) is 171 cm³/mol. The second kappa shape index (κ2) is 12.4. The highest BCUT2D eigenvalue weighted by atomic mass is 16.6. The summed E-state index contributed by atoms with van der Waals surface area (Å²) in [5, 5.41) is 3.41. The lowest BCUT2D eigenvalue weighted by Gasteiger charge is -2.48. The topological polar surface area (TPSA) is 76.2 Å². The van der Waals surface area contributed by atoms with E-state index in [1.807, 2.05) is 0 Å². The Kier molecular flexibility index (Phi) is 8.94. The van der Waals surface area contributed by atoms with Crippen molar-refractivity contribution in [2.24, 2.45) is 35.0 Å². The molecule has 2 aromatic heterocycles. The number of hydrogen-bond donors (Lipinski definition) is 1. The number of amides is 1. The van der Waals surface area contributed by atoms with Crippen molar-refractivity contribution in [3.05, 3.63) is 46.3 Å². The number of rotatable bonds is 6. The van der Waals surface area contributed by atoms with Crippen LogP contribution >= 0.6 is 0 Å². The molecule has 0 radical (unpaired) electrons. The Labute approximate surface area is 257 Å². The lowest BCUT2D eigenvalue weighted by Crippen LogP contribution is -2.42. The summed E-state index contributed by atoms with van der Waals surface area (Å²) in [6.45, 7) is 28.5. The fourth-order valence-corrected chi connectivity index (χ4v) is 7.70. The van der Waals surface area contributed by atoms with Gasteiger partial charge in [-0.25, -0.2) is 19.1 Å². The highest BCUT2D eigenvalue weighted by Gasteiger charge is 2.43. The second-order valence-corrected chi connectivity index (χ2v) is 14.6. The Balaban J connectivity index is 1.64. The van der Waals surface area contributed by atoms with Crippen molar-refractivity contribution >= 4 is 17.4 Å². The molecule has 8 heteroatoms. The largest absolute Gasteiger partial charge is 0.415 e. The molecule has 3 aromatic rings. The minimum absolute atomic E-state index is 0.132. The van der Waals surface area contributed by atoms with Crippen molar-refractivity contribution in [3.63, 3.8) is 0 Å². The number of carbonyl (C=O) groups is 1. The Morgan fingerprint density at radius 3 is 2.44 bits per heavy atom. The minimum Gasteiger partial charge on any atom is -0.402 e. The summed E-state index contributed by atoms with van der Waals surface area (Å²) >= 11 is 0. The summed E-state index contributed by atoms with van der Waals surface area (Å²) in [5.74, 6) is 3.66. The van der Waals surface area contributed by atoms with E-state index in [2.05, 4.69) is 83.5 Å². The molecule has 232 valence electrons. The molecule has 1 aliphatic heterocycles. The molecule has 0 bridgehead atoms. The second-order valence-electron chi connectivity index (χ2n) is 14.6. The molecule has 3 heterocycles. The maximum absolute atomic E-state index is 13.3. The molecule has 5 rings (SSSR count). The number of fused-ring (bicyclic) bond motifs is 1. The van der Waals surface area contributed by atoms with Gasteiger partial charge < -0.3 is 14.4 Å². The van der Waals surface area contributed by atoms with E-state index in [-0.39, 0.29) is 11.3 Å². The van der Waals surface area contributed by atoms with Crippen LogP contribution in [0.5, 0.6) is 5.88 Å². The van der Waals surface area contributed by atoms with Gasteiger partial charge in [-0.3, -0.25) is 5.10 Å². The summed E-state index contributed by atoms with van der Waals surface area (Å²) in [4.78, 5) is 24.1. The van der Waals surface area contributed by atoms with Crippen LogP contribution in [0.3, 0.4) is 0 Å². The van der Waals surface area contributed by atoms with Gasteiger partial charge in [0, 0.05) is 24.2 Å². The molecule has 8 nitrogen and oxygen atoms in total. The summed E-state index contributed by atoms with van der Waals surface area (Å²) < 4.78 is 13.2. The molecular weight excluding hydrogens is 538 g/mol. The fraction of sp³-hybridized carbons (Fsp3) is 0.629. The standard InChI is InChI=1S/C35H49N5O3/c1-21(2)14-25-16-24(5)19-29(35(6,7)8)27(25)20-28-30(36-9)33(43-34(41)39-10-12-42-13-11-39)40-32(28)37-31(38-40)26-17-22(3)15-23(4)18-26/h15,17-18,21,24-25,27,29H,10-14,16,19-20H2,1-8H3,(H,37,38). The normalized spacial score (nSPS) is 23.1. The van der Waals surface area contributed by atoms with Gasteiger partial charge in [0.25, 0.3) is 5.69 Å². The molecule has 4 atom stereocenters. The molecule has 43 heavy (non-hydrogen) atoms. The van der Waals surface area contributed by atoms with E-state index < -0.39 is 6.09 Å². The maximum atomic E-state index is 13.3. The number of H-pyrrole nitrogens is 1. The molecule has 1 aliphatic carbocycles. The summed E-state index contributed by atoms with van der Waals surface area (Å²) in [6, 6.07) is 6.36. The number of aromatic amines is 1. The van der Waals surface area contributed by atoms with Crippen LogP contribution in [0.4, 0.5) is 10.5 Å². The average Bonchev–Trinajstić information content (AvgIpc) is 3.47. The quantitative estimate of drug-likeness (QED) is 0.295. The highest BCUT2D eigenvalue weighted by molar-refractivity contribution is 5.80. The summed E-state index contributed by atoms with van der Waals surface area (Å²) in [6.07, 6.45) is 3.82. The van der Waals surface area contributed by atoms with E-state index in [0.717, 1.165) is 28.7 Å². The summed E-state index contributed by atoms with van der Waals surface area (Å²) in [7, 11) is 0. The Morgan fingerprint density at radius 1 is 1.16 bits per heavy atom. The van der Waals surface area contributed by atoms with Gasteiger partial charge in [-0.2, -0.15) is 0 Å². The molecule has 1 aromatic carbocycles. The van der Waals surface area contributed by atoms with Crippen LogP contribution in [-0.2, 0) is 11.2 Å². The van der Waals surface area contributed by atoms with Crippen molar-refractivity contribution in [3.8, 4) is 17.3 Å². The number of morpholine rings is 1. The average molecular weight is 588 g/mol. The number of nitrogens with zero attached hydrogens (tertiary/aromatic N) is 4. The lowest BCUT2D eigenvalue weighted by molar-refractivity contribution is 0.0259. The molecule has 1 N–H and O–H groups in total. The number of nitrogens with one attached hydrogen (secondary N) is 1. The molecule has 0 spiro atoms. The fourth-order valence-electron chi connectivity index (χ4n) is 7.70. The van der Waals surface area contributed by atoms with Crippen molar-refractivity contribution in [1.82, 2.24) is 19.5 Å². The van der Waals surface area contributed by atoms with Crippen LogP contribution in [0.2, 0.25) is 0 Å². The van der Waals surface area contributed by atoms with Gasteiger partial charge in [0.2, 0.25) is 5.88 Å².